The highest BCUT2D eigenvalue weighted by Gasteiger charge is 2.53. The molecule has 0 radical (unpaired) electrons. The fraction of sp³-hybridized carbons (Fsp3) is 0.647. The van der Waals surface area contributed by atoms with Gasteiger partial charge in [0, 0.05) is 25.1 Å². The van der Waals surface area contributed by atoms with Crippen LogP contribution >= 0.6 is 15.9 Å². The van der Waals surface area contributed by atoms with Crippen LogP contribution in [0.15, 0.2) is 60.7 Å². The molecule has 0 spiro atoms. The largest absolute Gasteiger partial charge is 0.480 e. The summed E-state index contributed by atoms with van der Waals surface area (Å²) in [7, 11) is 0. The molecular formula is C34H54BrF12N3O2. The third-order valence-corrected chi connectivity index (χ3v) is 6.28. The van der Waals surface area contributed by atoms with Gasteiger partial charge in [-0.2, -0.15) is 52.7 Å². The first-order valence-electron chi connectivity index (χ1n) is 16.2. The van der Waals surface area contributed by atoms with Crippen molar-refractivity contribution in [3.05, 3.63) is 71.8 Å². The molecule has 0 amide bonds. The maximum absolute atomic E-state index is 12.2. The number of hydrazine groups is 1. The highest BCUT2D eigenvalue weighted by atomic mass is 79.9. The summed E-state index contributed by atoms with van der Waals surface area (Å²) in [5.41, 5.74) is 2.22. The highest BCUT2D eigenvalue weighted by Crippen LogP contribution is 2.33. The van der Waals surface area contributed by atoms with Crippen molar-refractivity contribution in [2.24, 2.45) is 5.84 Å². The number of nitrogens with two attached hydrogens (primary N) is 1. The lowest BCUT2D eigenvalue weighted by Gasteiger charge is -2.26. The van der Waals surface area contributed by atoms with Crippen molar-refractivity contribution in [1.29, 1.82) is 0 Å². The average molecular weight is 845 g/mol. The standard InChI is InChI=1S/C14H17F6NO.C13H19BrO.C2H2F6N2.2C2H6.CH4/c15-13(16,17)21(14(18,19)20)9-5-2-6-10-22-11-12-7-3-1-4-8-12;14-10-6-1-2-7-11-15-12-13-8-4-3-5-9-13;3-1(4,5)10(9)2(6,7)8;2*1-2;/h1,3-4,7-8H,2,5-6,9-11H2;3-5,8-9H,1-2,6-7,10-12H2;9H2;2*1-2H3;1H4. The molecule has 2 aromatic carbocycles. The van der Waals surface area contributed by atoms with Crippen molar-refractivity contribution in [3.63, 3.8) is 0 Å². The Hall–Kier alpha value is -2.12. The van der Waals surface area contributed by atoms with Crippen LogP contribution in [0.25, 0.3) is 0 Å². The second-order valence-corrected chi connectivity index (χ2v) is 10.4. The second-order valence-electron chi connectivity index (χ2n) is 9.63. The first-order chi connectivity index (χ1) is 23.8. The number of nitrogens with zero attached hydrogens (tertiary/aromatic N) is 2. The minimum Gasteiger partial charge on any atom is -0.377 e. The number of hydrogen-bond acceptors (Lipinski definition) is 5. The number of alkyl halides is 13. The van der Waals surface area contributed by atoms with E-state index in [-0.39, 0.29) is 20.3 Å². The maximum Gasteiger partial charge on any atom is 0.480 e. The molecule has 0 saturated carbocycles. The molecule has 0 aliphatic heterocycles. The first kappa shape index (κ1) is 56.6. The molecule has 0 unspecified atom stereocenters. The first-order valence-corrected chi connectivity index (χ1v) is 17.3. The zero-order valence-corrected chi connectivity index (χ0v) is 30.8. The van der Waals surface area contributed by atoms with Gasteiger partial charge in [0.15, 0.2) is 0 Å². The fourth-order valence-corrected chi connectivity index (χ4v) is 3.77. The van der Waals surface area contributed by atoms with E-state index in [1.54, 1.807) is 0 Å². The van der Waals surface area contributed by atoms with Gasteiger partial charge in [0.1, 0.15) is 0 Å². The summed E-state index contributed by atoms with van der Waals surface area (Å²) >= 11 is 3.43. The lowest BCUT2D eigenvalue weighted by molar-refractivity contribution is -0.375. The van der Waals surface area contributed by atoms with Gasteiger partial charge in [0.05, 0.1) is 13.2 Å². The van der Waals surface area contributed by atoms with Crippen molar-refractivity contribution >= 4 is 15.9 Å². The van der Waals surface area contributed by atoms with Gasteiger partial charge in [-0.3, -0.25) is 5.84 Å². The van der Waals surface area contributed by atoms with Gasteiger partial charge in [-0.1, -0.05) is 130 Å². The van der Waals surface area contributed by atoms with Gasteiger partial charge >= 0.3 is 25.2 Å². The molecule has 308 valence electrons. The summed E-state index contributed by atoms with van der Waals surface area (Å²) in [5, 5.41) is -1.00. The number of ether oxygens (including phenoxy) is 2. The topological polar surface area (TPSA) is 51.0 Å². The molecule has 2 N–H and O–H groups in total. The van der Waals surface area contributed by atoms with E-state index in [1.807, 2.05) is 64.1 Å². The molecule has 18 heteroatoms. The van der Waals surface area contributed by atoms with Crippen molar-refractivity contribution in [2.45, 2.75) is 118 Å². The third kappa shape index (κ3) is 32.5. The number of hydrogen-bond donors (Lipinski definition) is 1. The van der Waals surface area contributed by atoms with Crippen molar-refractivity contribution in [1.82, 2.24) is 9.91 Å². The molecule has 0 atom stereocenters. The lowest BCUT2D eigenvalue weighted by Crippen LogP contribution is -2.52. The molecule has 2 aromatic rings. The summed E-state index contributed by atoms with van der Waals surface area (Å²) in [4.78, 5) is -1.40. The number of rotatable bonds is 16. The van der Waals surface area contributed by atoms with Crippen LogP contribution in [-0.2, 0) is 22.7 Å². The van der Waals surface area contributed by atoms with Crippen molar-refractivity contribution in [2.75, 3.05) is 25.1 Å². The predicted octanol–water partition coefficient (Wildman–Crippen LogP) is 12.8. The lowest BCUT2D eigenvalue weighted by atomic mass is 10.2. The Morgan fingerprint density at radius 2 is 0.846 bits per heavy atom. The maximum atomic E-state index is 12.2. The smallest absolute Gasteiger partial charge is 0.377 e. The minimum absolute atomic E-state index is 0. The van der Waals surface area contributed by atoms with Crippen LogP contribution < -0.4 is 5.84 Å². The Bertz CT molecular complexity index is 1000. The molecule has 0 bridgehead atoms. The number of unbranched alkanes of at least 4 members (excludes halogenated alkanes) is 5. The van der Waals surface area contributed by atoms with Crippen LogP contribution in [-0.4, -0.2) is 60.2 Å². The van der Waals surface area contributed by atoms with Gasteiger partial charge < -0.3 is 9.47 Å². The summed E-state index contributed by atoms with van der Waals surface area (Å²) in [6.07, 6.45) is -16.5. The van der Waals surface area contributed by atoms with Gasteiger partial charge in [-0.15, -0.1) is 4.90 Å². The molecule has 0 heterocycles. The SMILES string of the molecule is BrCCCCCCOCc1ccccc1.C.CC.CC.FC(F)(F)N(CCCCCOCc1ccccc1)C(F)(F)F.NN(C(F)(F)F)C(F)(F)F. The molecule has 0 aliphatic carbocycles. The Balaban J connectivity index is -0.000000334. The van der Waals surface area contributed by atoms with E-state index in [0.29, 0.717) is 19.6 Å². The van der Waals surface area contributed by atoms with Gasteiger partial charge in [-0.25, -0.2) is 0 Å². The number of halogens is 13. The molecule has 0 aromatic heterocycles. The van der Waals surface area contributed by atoms with E-state index in [0.717, 1.165) is 24.1 Å². The highest BCUT2D eigenvalue weighted by molar-refractivity contribution is 9.09. The second kappa shape index (κ2) is 32.3. The van der Waals surface area contributed by atoms with Crippen molar-refractivity contribution in [3.8, 4) is 0 Å². The Kier molecular flexibility index (Phi) is 35.2. The normalized spacial score (nSPS) is 11.5. The van der Waals surface area contributed by atoms with Crippen LogP contribution in [0.5, 0.6) is 0 Å². The quantitative estimate of drug-likeness (QED) is 0.0456. The van der Waals surface area contributed by atoms with Crippen LogP contribution in [0.4, 0.5) is 52.7 Å². The average Bonchev–Trinajstić information content (AvgIpc) is 3.06. The Morgan fingerprint density at radius 3 is 1.13 bits per heavy atom. The van der Waals surface area contributed by atoms with Crippen LogP contribution in [0.2, 0.25) is 0 Å². The third-order valence-electron chi connectivity index (χ3n) is 5.72. The summed E-state index contributed by atoms with van der Waals surface area (Å²) in [6.45, 7) is 9.22. The monoisotopic (exact) mass is 843 g/mol. The minimum atomic E-state index is -5.57. The molecular weight excluding hydrogens is 790 g/mol. The summed E-state index contributed by atoms with van der Waals surface area (Å²) < 4.78 is 150. The molecule has 2 rings (SSSR count). The Morgan fingerprint density at radius 1 is 0.519 bits per heavy atom. The molecule has 0 saturated heterocycles. The molecule has 52 heavy (non-hydrogen) atoms. The zero-order valence-electron chi connectivity index (χ0n) is 29.2. The van der Waals surface area contributed by atoms with Crippen LogP contribution in [0.1, 0.15) is 91.2 Å². The molecule has 5 nitrogen and oxygen atoms in total. The van der Waals surface area contributed by atoms with E-state index in [4.69, 9.17) is 9.47 Å². The van der Waals surface area contributed by atoms with Crippen LogP contribution in [0, 0.1) is 0 Å². The zero-order chi connectivity index (χ0) is 40.0. The Labute approximate surface area is 308 Å². The van der Waals surface area contributed by atoms with Crippen molar-refractivity contribution < 1.29 is 62.2 Å². The van der Waals surface area contributed by atoms with E-state index >= 15 is 0 Å². The number of benzene rings is 2. The summed E-state index contributed by atoms with van der Waals surface area (Å²) in [5.74, 6) is 3.61. The van der Waals surface area contributed by atoms with E-state index < -0.39 is 41.7 Å². The van der Waals surface area contributed by atoms with Gasteiger partial charge in [0.25, 0.3) is 0 Å². The predicted molar refractivity (Wildman–Crippen MR) is 185 cm³/mol. The van der Waals surface area contributed by atoms with Gasteiger partial charge in [0.2, 0.25) is 0 Å². The fourth-order valence-electron chi connectivity index (χ4n) is 3.37. The van der Waals surface area contributed by atoms with Crippen LogP contribution in [0.3, 0.4) is 0 Å². The van der Waals surface area contributed by atoms with E-state index in [9.17, 15) is 52.7 Å². The molecule has 0 fully saturated rings. The van der Waals surface area contributed by atoms with E-state index in [2.05, 4.69) is 46.0 Å². The van der Waals surface area contributed by atoms with Gasteiger partial charge in [-0.05, 0) is 43.2 Å². The summed E-state index contributed by atoms with van der Waals surface area (Å²) in [6, 6.07) is 19.6. The van der Waals surface area contributed by atoms with E-state index in [1.165, 1.54) is 31.2 Å². The molecule has 0 aliphatic rings.